The van der Waals surface area contributed by atoms with Crippen LogP contribution in [0.5, 0.6) is 0 Å². The van der Waals surface area contributed by atoms with Gasteiger partial charge in [-0.25, -0.2) is 4.39 Å². The normalized spacial score (nSPS) is 14.5. The standard InChI is InChI=1S/C15H23BrFN/c1-4-5-18-10-12(3)11(2)6-13-7-14(16)9-15(17)8-13/h7-9,11-12,18H,4-6,10H2,1-3H3. The Labute approximate surface area is 118 Å². The minimum atomic E-state index is -0.164. The van der Waals surface area contributed by atoms with Crippen molar-refractivity contribution in [3.05, 3.63) is 34.1 Å². The topological polar surface area (TPSA) is 12.0 Å². The van der Waals surface area contributed by atoms with E-state index in [1.165, 1.54) is 6.07 Å². The van der Waals surface area contributed by atoms with Crippen LogP contribution in [-0.4, -0.2) is 13.1 Å². The van der Waals surface area contributed by atoms with Crippen LogP contribution in [-0.2, 0) is 6.42 Å². The molecule has 0 radical (unpaired) electrons. The summed E-state index contributed by atoms with van der Waals surface area (Å²) in [7, 11) is 0. The Morgan fingerprint density at radius 2 is 1.94 bits per heavy atom. The van der Waals surface area contributed by atoms with E-state index in [-0.39, 0.29) is 5.82 Å². The predicted octanol–water partition coefficient (Wildman–Crippen LogP) is 4.40. The summed E-state index contributed by atoms with van der Waals surface area (Å²) >= 11 is 3.34. The van der Waals surface area contributed by atoms with Gasteiger partial charge in [0.25, 0.3) is 0 Å². The number of hydrogen-bond donors (Lipinski definition) is 1. The van der Waals surface area contributed by atoms with Crippen LogP contribution in [0.4, 0.5) is 4.39 Å². The highest BCUT2D eigenvalue weighted by atomic mass is 79.9. The van der Waals surface area contributed by atoms with Gasteiger partial charge in [0, 0.05) is 4.47 Å². The first kappa shape index (κ1) is 15.6. The Hall–Kier alpha value is -0.410. The SMILES string of the molecule is CCCNCC(C)C(C)Cc1cc(F)cc(Br)c1. The van der Waals surface area contributed by atoms with Crippen molar-refractivity contribution in [1.29, 1.82) is 0 Å². The van der Waals surface area contributed by atoms with Crippen molar-refractivity contribution in [3.8, 4) is 0 Å². The molecule has 0 saturated heterocycles. The summed E-state index contributed by atoms with van der Waals surface area (Å²) in [5.41, 5.74) is 1.07. The van der Waals surface area contributed by atoms with E-state index in [1.807, 2.05) is 6.07 Å². The summed E-state index contributed by atoms with van der Waals surface area (Å²) in [4.78, 5) is 0. The second-order valence-electron chi connectivity index (χ2n) is 5.14. The average Bonchev–Trinajstić information content (AvgIpc) is 2.27. The summed E-state index contributed by atoms with van der Waals surface area (Å²) in [6.45, 7) is 8.76. The molecule has 18 heavy (non-hydrogen) atoms. The van der Waals surface area contributed by atoms with E-state index in [0.717, 1.165) is 36.0 Å². The molecular formula is C15H23BrFN. The summed E-state index contributed by atoms with van der Waals surface area (Å²) in [5.74, 6) is 0.977. The fourth-order valence-corrected chi connectivity index (χ4v) is 2.52. The summed E-state index contributed by atoms with van der Waals surface area (Å²) in [5, 5.41) is 3.44. The van der Waals surface area contributed by atoms with Gasteiger partial charge >= 0.3 is 0 Å². The van der Waals surface area contributed by atoms with Gasteiger partial charge in [-0.05, 0) is 61.5 Å². The summed E-state index contributed by atoms with van der Waals surface area (Å²) in [6.07, 6.45) is 2.09. The van der Waals surface area contributed by atoms with Crippen LogP contribution >= 0.6 is 15.9 Å². The number of halogens is 2. The zero-order valence-corrected chi connectivity index (χ0v) is 13.1. The van der Waals surface area contributed by atoms with Gasteiger partial charge in [0.1, 0.15) is 5.82 Å². The second kappa shape index (κ2) is 7.90. The quantitative estimate of drug-likeness (QED) is 0.735. The Morgan fingerprint density at radius 1 is 1.22 bits per heavy atom. The number of hydrogen-bond acceptors (Lipinski definition) is 1. The van der Waals surface area contributed by atoms with Crippen LogP contribution in [0, 0.1) is 17.7 Å². The molecule has 1 aromatic rings. The lowest BCUT2D eigenvalue weighted by molar-refractivity contribution is 0.365. The lowest BCUT2D eigenvalue weighted by Gasteiger charge is -2.20. The minimum absolute atomic E-state index is 0.164. The van der Waals surface area contributed by atoms with Gasteiger partial charge in [0.2, 0.25) is 0 Å². The maximum atomic E-state index is 13.3. The monoisotopic (exact) mass is 315 g/mol. The van der Waals surface area contributed by atoms with Crippen molar-refractivity contribution in [2.24, 2.45) is 11.8 Å². The Morgan fingerprint density at radius 3 is 2.56 bits per heavy atom. The van der Waals surface area contributed by atoms with E-state index >= 15 is 0 Å². The van der Waals surface area contributed by atoms with E-state index in [1.54, 1.807) is 6.07 Å². The third-order valence-corrected chi connectivity index (χ3v) is 3.80. The summed E-state index contributed by atoms with van der Waals surface area (Å²) < 4.78 is 14.1. The van der Waals surface area contributed by atoms with Gasteiger partial charge in [-0.2, -0.15) is 0 Å². The van der Waals surface area contributed by atoms with Gasteiger partial charge < -0.3 is 5.32 Å². The molecule has 0 aromatic heterocycles. The number of rotatable bonds is 7. The molecule has 0 fully saturated rings. The lowest BCUT2D eigenvalue weighted by atomic mass is 9.89. The first-order valence-electron chi connectivity index (χ1n) is 6.68. The molecule has 0 amide bonds. The molecule has 102 valence electrons. The fourth-order valence-electron chi connectivity index (χ4n) is 2.01. The highest BCUT2D eigenvalue weighted by Crippen LogP contribution is 2.21. The molecule has 0 bridgehead atoms. The van der Waals surface area contributed by atoms with Crippen molar-refractivity contribution in [2.45, 2.75) is 33.6 Å². The van der Waals surface area contributed by atoms with Crippen LogP contribution in [0.25, 0.3) is 0 Å². The molecular weight excluding hydrogens is 293 g/mol. The lowest BCUT2D eigenvalue weighted by Crippen LogP contribution is -2.26. The largest absolute Gasteiger partial charge is 0.316 e. The van der Waals surface area contributed by atoms with Crippen molar-refractivity contribution >= 4 is 15.9 Å². The first-order valence-corrected chi connectivity index (χ1v) is 7.48. The van der Waals surface area contributed by atoms with E-state index in [2.05, 4.69) is 42.0 Å². The zero-order valence-electron chi connectivity index (χ0n) is 11.5. The van der Waals surface area contributed by atoms with Crippen LogP contribution < -0.4 is 5.32 Å². The average molecular weight is 316 g/mol. The smallest absolute Gasteiger partial charge is 0.124 e. The molecule has 0 saturated carbocycles. The third kappa shape index (κ3) is 5.49. The second-order valence-corrected chi connectivity index (χ2v) is 6.06. The highest BCUT2D eigenvalue weighted by molar-refractivity contribution is 9.10. The molecule has 0 heterocycles. The molecule has 2 unspecified atom stereocenters. The highest BCUT2D eigenvalue weighted by Gasteiger charge is 2.13. The van der Waals surface area contributed by atoms with Gasteiger partial charge in [-0.15, -0.1) is 0 Å². The van der Waals surface area contributed by atoms with Gasteiger partial charge in [0.15, 0.2) is 0 Å². The van der Waals surface area contributed by atoms with Gasteiger partial charge in [-0.3, -0.25) is 0 Å². The molecule has 1 N–H and O–H groups in total. The predicted molar refractivity (Wildman–Crippen MR) is 79.3 cm³/mol. The van der Waals surface area contributed by atoms with Crippen molar-refractivity contribution < 1.29 is 4.39 Å². The fraction of sp³-hybridized carbons (Fsp3) is 0.600. The van der Waals surface area contributed by atoms with E-state index < -0.39 is 0 Å². The van der Waals surface area contributed by atoms with Crippen LogP contribution in [0.15, 0.2) is 22.7 Å². The minimum Gasteiger partial charge on any atom is -0.316 e. The first-order chi connectivity index (χ1) is 8.52. The van der Waals surface area contributed by atoms with Crippen molar-refractivity contribution in [2.75, 3.05) is 13.1 Å². The third-order valence-electron chi connectivity index (χ3n) is 3.34. The van der Waals surface area contributed by atoms with Crippen LogP contribution in [0.1, 0.15) is 32.8 Å². The van der Waals surface area contributed by atoms with Crippen LogP contribution in [0.3, 0.4) is 0 Å². The molecule has 1 rings (SSSR count). The zero-order chi connectivity index (χ0) is 13.5. The molecule has 1 aromatic carbocycles. The van der Waals surface area contributed by atoms with Gasteiger partial charge in [0.05, 0.1) is 0 Å². The molecule has 1 nitrogen and oxygen atoms in total. The maximum absolute atomic E-state index is 13.3. The van der Waals surface area contributed by atoms with Gasteiger partial charge in [-0.1, -0.05) is 36.7 Å². The summed E-state index contributed by atoms with van der Waals surface area (Å²) in [6, 6.07) is 5.14. The molecule has 0 spiro atoms. The Bertz CT molecular complexity index is 347. The van der Waals surface area contributed by atoms with Crippen molar-refractivity contribution in [1.82, 2.24) is 5.32 Å². The molecule has 0 aliphatic carbocycles. The molecule has 0 aliphatic heterocycles. The Balaban J connectivity index is 2.49. The molecule has 0 aliphatic rings. The van der Waals surface area contributed by atoms with E-state index in [9.17, 15) is 4.39 Å². The number of benzene rings is 1. The van der Waals surface area contributed by atoms with Crippen molar-refractivity contribution in [3.63, 3.8) is 0 Å². The van der Waals surface area contributed by atoms with E-state index in [0.29, 0.717) is 11.8 Å². The van der Waals surface area contributed by atoms with Crippen LogP contribution in [0.2, 0.25) is 0 Å². The van der Waals surface area contributed by atoms with E-state index in [4.69, 9.17) is 0 Å². The molecule has 2 atom stereocenters. The maximum Gasteiger partial charge on any atom is 0.124 e. The molecule has 3 heteroatoms. The Kier molecular flexibility index (Phi) is 6.87. The number of nitrogens with one attached hydrogen (secondary N) is 1.